The third-order valence-corrected chi connectivity index (χ3v) is 6.95. The van der Waals surface area contributed by atoms with Crippen molar-refractivity contribution >= 4 is 37.8 Å². The monoisotopic (exact) mass is 430 g/mol. The highest BCUT2D eigenvalue weighted by Gasteiger charge is 2.32. The van der Waals surface area contributed by atoms with Crippen LogP contribution in [0.3, 0.4) is 0 Å². The number of nitrogens with zero attached hydrogens (tertiary/aromatic N) is 1. The van der Waals surface area contributed by atoms with E-state index in [0.29, 0.717) is 12.0 Å². The minimum atomic E-state index is -3.85. The first-order valence-corrected chi connectivity index (χ1v) is 11.8. The smallest absolute Gasteiger partial charge is 0.321 e. The Morgan fingerprint density at radius 2 is 1.96 bits per heavy atom. The van der Waals surface area contributed by atoms with E-state index in [2.05, 4.69) is 4.72 Å². The van der Waals surface area contributed by atoms with E-state index in [9.17, 15) is 26.4 Å². The molecule has 1 heterocycles. The Balaban J connectivity index is 1.76. The van der Waals surface area contributed by atoms with E-state index in [1.165, 1.54) is 18.0 Å². The van der Waals surface area contributed by atoms with Gasteiger partial charge in [0.15, 0.2) is 16.4 Å². The second-order valence-corrected chi connectivity index (χ2v) is 10.2. The predicted molar refractivity (Wildman–Crippen MR) is 103 cm³/mol. The molecule has 0 aromatic heterocycles. The topological polar surface area (TPSA) is 127 Å². The number of likely N-dealkylation sites (N-methyl/N-ethyl adjacent to an activating group) is 1. The number of nitrogens with one attached hydrogen (secondary N) is 1. The summed E-state index contributed by atoms with van der Waals surface area (Å²) in [7, 11) is -5.55. The summed E-state index contributed by atoms with van der Waals surface area (Å²) in [5.74, 6) is -1.57. The summed E-state index contributed by atoms with van der Waals surface area (Å²) in [4.78, 5) is 24.9. The maximum atomic E-state index is 12.0. The fourth-order valence-electron chi connectivity index (χ4n) is 2.52. The van der Waals surface area contributed by atoms with Gasteiger partial charge in [-0.1, -0.05) is 30.3 Å². The van der Waals surface area contributed by atoms with Crippen molar-refractivity contribution < 1.29 is 31.2 Å². The van der Waals surface area contributed by atoms with Crippen molar-refractivity contribution in [1.29, 1.82) is 0 Å². The summed E-state index contributed by atoms with van der Waals surface area (Å²) in [6, 6.07) is 8.30. The standard InChI is InChI=1S/C17H22N2O7S2/c1-19(15-8-9-27(22,23)13-15)16(20)12-26-17(21)11-18-28(24,25)10-7-14-5-3-2-4-6-14/h2-7,10,15,18H,8-9,11-13H2,1H3/b10-7+/t15-/m0/s1. The van der Waals surface area contributed by atoms with Crippen molar-refractivity contribution in [2.75, 3.05) is 31.7 Å². The van der Waals surface area contributed by atoms with Gasteiger partial charge in [0.1, 0.15) is 6.54 Å². The Hall–Kier alpha value is -2.24. The molecule has 154 valence electrons. The van der Waals surface area contributed by atoms with Gasteiger partial charge in [0, 0.05) is 18.5 Å². The summed E-state index contributed by atoms with van der Waals surface area (Å²) in [6.07, 6.45) is 1.72. The number of hydrogen-bond acceptors (Lipinski definition) is 7. The third-order valence-electron chi connectivity index (χ3n) is 4.16. The first kappa shape index (κ1) is 22.1. The first-order valence-electron chi connectivity index (χ1n) is 8.42. The van der Waals surface area contributed by atoms with Crippen LogP contribution in [0.25, 0.3) is 6.08 Å². The number of carbonyl (C=O) groups is 2. The van der Waals surface area contributed by atoms with Gasteiger partial charge in [0.25, 0.3) is 5.91 Å². The van der Waals surface area contributed by atoms with E-state index in [1.54, 1.807) is 30.3 Å². The molecule has 0 aliphatic carbocycles. The van der Waals surface area contributed by atoms with Gasteiger partial charge >= 0.3 is 5.97 Å². The van der Waals surface area contributed by atoms with E-state index >= 15 is 0 Å². The Bertz CT molecular complexity index is 941. The maximum Gasteiger partial charge on any atom is 0.321 e. The van der Waals surface area contributed by atoms with E-state index in [4.69, 9.17) is 4.74 Å². The molecule has 1 atom stereocenters. The number of hydrogen-bond donors (Lipinski definition) is 1. The molecule has 2 rings (SSSR count). The summed E-state index contributed by atoms with van der Waals surface area (Å²) >= 11 is 0. The molecule has 9 nitrogen and oxygen atoms in total. The molecular weight excluding hydrogens is 408 g/mol. The van der Waals surface area contributed by atoms with Gasteiger partial charge in [-0.25, -0.2) is 21.6 Å². The number of carbonyl (C=O) groups excluding carboxylic acids is 2. The maximum absolute atomic E-state index is 12.0. The molecule has 1 saturated heterocycles. The van der Waals surface area contributed by atoms with Crippen LogP contribution < -0.4 is 4.72 Å². The van der Waals surface area contributed by atoms with Crippen LogP contribution in [0, 0.1) is 0 Å². The Morgan fingerprint density at radius 3 is 2.57 bits per heavy atom. The fraction of sp³-hybridized carbons (Fsp3) is 0.412. The zero-order chi connectivity index (χ0) is 20.8. The lowest BCUT2D eigenvalue weighted by Gasteiger charge is -2.23. The molecule has 1 fully saturated rings. The molecule has 28 heavy (non-hydrogen) atoms. The van der Waals surface area contributed by atoms with E-state index in [0.717, 1.165) is 5.41 Å². The third kappa shape index (κ3) is 7.06. The Kier molecular flexibility index (Phi) is 7.33. The minimum absolute atomic E-state index is 0.0212. The first-order chi connectivity index (χ1) is 13.1. The second-order valence-electron chi connectivity index (χ2n) is 6.30. The number of sulfone groups is 1. The van der Waals surface area contributed by atoms with Gasteiger partial charge in [-0.05, 0) is 18.1 Å². The van der Waals surface area contributed by atoms with Crippen LogP contribution in [-0.4, -0.2) is 71.4 Å². The molecule has 0 bridgehead atoms. The largest absolute Gasteiger partial charge is 0.455 e. The van der Waals surface area contributed by atoms with Crippen LogP contribution >= 0.6 is 0 Å². The molecule has 1 aromatic rings. The molecule has 1 aliphatic heterocycles. The average Bonchev–Trinajstić information content (AvgIpc) is 3.03. The molecule has 0 spiro atoms. The van der Waals surface area contributed by atoms with E-state index in [1.807, 2.05) is 0 Å². The zero-order valence-corrected chi connectivity index (χ0v) is 16.9. The van der Waals surface area contributed by atoms with E-state index < -0.39 is 50.9 Å². The van der Waals surface area contributed by atoms with Crippen molar-refractivity contribution in [3.05, 3.63) is 41.3 Å². The summed E-state index contributed by atoms with van der Waals surface area (Å²) < 4.78 is 53.4. The van der Waals surface area contributed by atoms with Crippen LogP contribution in [0.15, 0.2) is 35.7 Å². The number of amides is 1. The van der Waals surface area contributed by atoms with Gasteiger partial charge in [-0.15, -0.1) is 0 Å². The van der Waals surface area contributed by atoms with Crippen molar-refractivity contribution in [2.24, 2.45) is 0 Å². The summed E-state index contributed by atoms with van der Waals surface area (Å²) in [5, 5.41) is 0.926. The van der Waals surface area contributed by atoms with Crippen LogP contribution in [0.2, 0.25) is 0 Å². The zero-order valence-electron chi connectivity index (χ0n) is 15.3. The van der Waals surface area contributed by atoms with Crippen molar-refractivity contribution in [1.82, 2.24) is 9.62 Å². The number of sulfonamides is 1. The molecule has 1 aliphatic rings. The van der Waals surface area contributed by atoms with E-state index in [-0.39, 0.29) is 11.5 Å². The lowest BCUT2D eigenvalue weighted by Crippen LogP contribution is -2.41. The van der Waals surface area contributed by atoms with Gasteiger partial charge in [0.05, 0.1) is 11.5 Å². The fourth-order valence-corrected chi connectivity index (χ4v) is 5.05. The predicted octanol–water partition coefficient (Wildman–Crippen LogP) is -0.235. The van der Waals surface area contributed by atoms with Crippen molar-refractivity contribution in [3.63, 3.8) is 0 Å². The molecular formula is C17H22N2O7S2. The summed E-state index contributed by atoms with van der Waals surface area (Å²) in [5.41, 5.74) is 0.679. The number of rotatable bonds is 8. The lowest BCUT2D eigenvalue weighted by atomic mass is 10.2. The number of esters is 1. The average molecular weight is 431 g/mol. The minimum Gasteiger partial charge on any atom is -0.455 e. The van der Waals surface area contributed by atoms with Crippen LogP contribution in [-0.2, 0) is 34.2 Å². The molecule has 1 amide bonds. The van der Waals surface area contributed by atoms with Crippen molar-refractivity contribution in [3.8, 4) is 0 Å². The normalized spacial score (nSPS) is 18.8. The van der Waals surface area contributed by atoms with Gasteiger partial charge in [-0.2, -0.15) is 0 Å². The number of ether oxygens (including phenoxy) is 1. The SMILES string of the molecule is CN(C(=O)COC(=O)CNS(=O)(=O)/C=C/c1ccccc1)[C@H]1CCS(=O)(=O)C1. The Labute approximate surface area is 164 Å². The lowest BCUT2D eigenvalue weighted by molar-refractivity contribution is -0.151. The molecule has 11 heteroatoms. The van der Waals surface area contributed by atoms with Crippen molar-refractivity contribution in [2.45, 2.75) is 12.5 Å². The van der Waals surface area contributed by atoms with Crippen LogP contribution in [0.5, 0.6) is 0 Å². The number of benzene rings is 1. The quantitative estimate of drug-likeness (QED) is 0.564. The Morgan fingerprint density at radius 1 is 1.29 bits per heavy atom. The van der Waals surface area contributed by atoms with Gasteiger partial charge < -0.3 is 9.64 Å². The van der Waals surface area contributed by atoms with Crippen LogP contribution in [0.1, 0.15) is 12.0 Å². The molecule has 0 saturated carbocycles. The molecule has 0 radical (unpaired) electrons. The van der Waals surface area contributed by atoms with Gasteiger partial charge in [-0.3, -0.25) is 9.59 Å². The van der Waals surface area contributed by atoms with Crippen LogP contribution in [0.4, 0.5) is 0 Å². The highest BCUT2D eigenvalue weighted by molar-refractivity contribution is 7.92. The molecule has 1 N–H and O–H groups in total. The van der Waals surface area contributed by atoms with Gasteiger partial charge in [0.2, 0.25) is 10.0 Å². The second kappa shape index (κ2) is 9.30. The highest BCUT2D eigenvalue weighted by atomic mass is 32.2. The molecule has 1 aromatic carbocycles. The summed E-state index contributed by atoms with van der Waals surface area (Å²) in [6.45, 7) is -1.22. The highest BCUT2D eigenvalue weighted by Crippen LogP contribution is 2.16. The molecule has 0 unspecified atom stereocenters.